The maximum Gasteiger partial charge on any atom is 0.265 e. The molecule has 0 fully saturated rings. The Morgan fingerprint density at radius 3 is 2.50 bits per heavy atom. The summed E-state index contributed by atoms with van der Waals surface area (Å²) < 4.78 is 0. The van der Waals surface area contributed by atoms with E-state index in [1.54, 1.807) is 12.1 Å². The number of rotatable bonds is 4. The lowest BCUT2D eigenvalue weighted by atomic mass is 10.1. The van der Waals surface area contributed by atoms with Crippen LogP contribution in [0.15, 0.2) is 48.5 Å². The van der Waals surface area contributed by atoms with Crippen molar-refractivity contribution in [2.45, 2.75) is 13.5 Å². The molecular formula is C16H19N3O. The highest BCUT2D eigenvalue weighted by Gasteiger charge is 2.05. The van der Waals surface area contributed by atoms with Crippen molar-refractivity contribution in [3.8, 4) is 0 Å². The van der Waals surface area contributed by atoms with Gasteiger partial charge in [0.25, 0.3) is 5.91 Å². The fraction of sp³-hybridized carbons (Fsp3) is 0.188. The molecule has 0 aromatic heterocycles. The first-order valence-corrected chi connectivity index (χ1v) is 6.48. The highest BCUT2D eigenvalue weighted by Crippen LogP contribution is 2.17. The lowest BCUT2D eigenvalue weighted by molar-refractivity contribution is 0.0953. The standard InChI is InChI=1S/C16H19N3O/c1-12-4-3-5-15(10-12)19(2)11-13-6-8-14(9-7-13)16(20)18-17/h3-10H,11,17H2,1-2H3,(H,18,20). The Morgan fingerprint density at radius 2 is 1.90 bits per heavy atom. The zero-order valence-corrected chi connectivity index (χ0v) is 11.8. The van der Waals surface area contributed by atoms with Gasteiger partial charge in [-0.3, -0.25) is 10.2 Å². The Balaban J connectivity index is 2.08. The van der Waals surface area contributed by atoms with E-state index in [4.69, 9.17) is 5.84 Å². The predicted octanol–water partition coefficient (Wildman–Crippen LogP) is 2.23. The van der Waals surface area contributed by atoms with Crippen LogP contribution in [-0.4, -0.2) is 13.0 Å². The van der Waals surface area contributed by atoms with Gasteiger partial charge in [0, 0.05) is 24.8 Å². The summed E-state index contributed by atoms with van der Waals surface area (Å²) >= 11 is 0. The molecule has 0 aliphatic carbocycles. The van der Waals surface area contributed by atoms with Gasteiger partial charge in [-0.15, -0.1) is 0 Å². The molecule has 1 amide bonds. The average Bonchev–Trinajstić information content (AvgIpc) is 2.47. The summed E-state index contributed by atoms with van der Waals surface area (Å²) in [4.78, 5) is 13.5. The topological polar surface area (TPSA) is 58.4 Å². The summed E-state index contributed by atoms with van der Waals surface area (Å²) in [6, 6.07) is 15.8. The van der Waals surface area contributed by atoms with Crippen molar-refractivity contribution >= 4 is 11.6 Å². The largest absolute Gasteiger partial charge is 0.370 e. The summed E-state index contributed by atoms with van der Waals surface area (Å²) in [5.74, 6) is 4.83. The van der Waals surface area contributed by atoms with Crippen LogP contribution in [-0.2, 0) is 6.54 Å². The van der Waals surface area contributed by atoms with Gasteiger partial charge in [-0.1, -0.05) is 24.3 Å². The predicted molar refractivity (Wildman–Crippen MR) is 81.4 cm³/mol. The normalized spacial score (nSPS) is 10.2. The van der Waals surface area contributed by atoms with Gasteiger partial charge in [0.2, 0.25) is 0 Å². The smallest absolute Gasteiger partial charge is 0.265 e. The second kappa shape index (κ2) is 6.21. The zero-order valence-electron chi connectivity index (χ0n) is 11.8. The van der Waals surface area contributed by atoms with Gasteiger partial charge < -0.3 is 4.90 Å². The third-order valence-corrected chi connectivity index (χ3v) is 3.21. The summed E-state index contributed by atoms with van der Waals surface area (Å²) in [7, 11) is 2.05. The summed E-state index contributed by atoms with van der Waals surface area (Å²) in [6.45, 7) is 2.87. The second-order valence-corrected chi connectivity index (χ2v) is 4.87. The number of carbonyl (C=O) groups is 1. The molecule has 0 spiro atoms. The van der Waals surface area contributed by atoms with Gasteiger partial charge in [0.05, 0.1) is 0 Å². The van der Waals surface area contributed by atoms with Crippen molar-refractivity contribution in [1.29, 1.82) is 0 Å². The lowest BCUT2D eigenvalue weighted by Gasteiger charge is -2.20. The molecule has 0 radical (unpaired) electrons. The molecule has 2 aromatic rings. The third kappa shape index (κ3) is 3.36. The molecule has 0 heterocycles. The monoisotopic (exact) mass is 269 g/mol. The molecule has 0 atom stereocenters. The van der Waals surface area contributed by atoms with E-state index >= 15 is 0 Å². The van der Waals surface area contributed by atoms with Crippen molar-refractivity contribution in [1.82, 2.24) is 5.43 Å². The van der Waals surface area contributed by atoms with Crippen LogP contribution >= 0.6 is 0 Å². The SMILES string of the molecule is Cc1cccc(N(C)Cc2ccc(C(=O)NN)cc2)c1. The van der Waals surface area contributed by atoms with Crippen molar-refractivity contribution in [2.24, 2.45) is 5.84 Å². The minimum absolute atomic E-state index is 0.274. The van der Waals surface area contributed by atoms with Gasteiger partial charge in [0.1, 0.15) is 0 Å². The number of hydrogen-bond acceptors (Lipinski definition) is 3. The van der Waals surface area contributed by atoms with Gasteiger partial charge in [-0.25, -0.2) is 5.84 Å². The Hall–Kier alpha value is -2.33. The van der Waals surface area contributed by atoms with E-state index in [2.05, 4.69) is 48.6 Å². The zero-order chi connectivity index (χ0) is 14.5. The first-order chi connectivity index (χ1) is 9.60. The molecule has 4 heteroatoms. The Kier molecular flexibility index (Phi) is 4.38. The molecule has 2 rings (SSSR count). The quantitative estimate of drug-likeness (QED) is 0.508. The fourth-order valence-corrected chi connectivity index (χ4v) is 2.08. The van der Waals surface area contributed by atoms with Crippen LogP contribution in [0.2, 0.25) is 0 Å². The van der Waals surface area contributed by atoms with Gasteiger partial charge in [0.15, 0.2) is 0 Å². The van der Waals surface area contributed by atoms with Crippen LogP contribution in [0.4, 0.5) is 5.69 Å². The van der Waals surface area contributed by atoms with Crippen LogP contribution in [0, 0.1) is 6.92 Å². The number of carbonyl (C=O) groups excluding carboxylic acids is 1. The van der Waals surface area contributed by atoms with E-state index in [-0.39, 0.29) is 5.91 Å². The Bertz CT molecular complexity index is 593. The molecule has 0 saturated heterocycles. The van der Waals surface area contributed by atoms with Crippen molar-refractivity contribution < 1.29 is 4.79 Å². The maximum atomic E-state index is 11.4. The fourth-order valence-electron chi connectivity index (χ4n) is 2.08. The number of amides is 1. The number of nitrogens with zero attached hydrogens (tertiary/aromatic N) is 1. The number of hydrazine groups is 1. The molecule has 104 valence electrons. The van der Waals surface area contributed by atoms with E-state index in [0.29, 0.717) is 5.56 Å². The van der Waals surface area contributed by atoms with Crippen molar-refractivity contribution in [2.75, 3.05) is 11.9 Å². The number of nitrogen functional groups attached to an aromatic ring is 1. The van der Waals surface area contributed by atoms with E-state index in [1.165, 1.54) is 11.3 Å². The molecule has 20 heavy (non-hydrogen) atoms. The summed E-state index contributed by atoms with van der Waals surface area (Å²) in [6.07, 6.45) is 0. The molecule has 0 saturated carbocycles. The first kappa shape index (κ1) is 14.1. The minimum atomic E-state index is -0.274. The molecule has 4 nitrogen and oxygen atoms in total. The first-order valence-electron chi connectivity index (χ1n) is 6.48. The summed E-state index contributed by atoms with van der Waals surface area (Å²) in [5, 5.41) is 0. The summed E-state index contributed by atoms with van der Waals surface area (Å²) in [5.41, 5.74) is 6.24. The van der Waals surface area contributed by atoms with Crippen LogP contribution in [0.5, 0.6) is 0 Å². The lowest BCUT2D eigenvalue weighted by Crippen LogP contribution is -2.29. The molecule has 2 aromatic carbocycles. The van der Waals surface area contributed by atoms with E-state index in [1.807, 2.05) is 12.1 Å². The van der Waals surface area contributed by atoms with Crippen LogP contribution in [0.3, 0.4) is 0 Å². The highest BCUT2D eigenvalue weighted by atomic mass is 16.2. The number of benzene rings is 2. The molecular weight excluding hydrogens is 250 g/mol. The van der Waals surface area contributed by atoms with Gasteiger partial charge in [-0.2, -0.15) is 0 Å². The molecule has 0 aliphatic heterocycles. The highest BCUT2D eigenvalue weighted by molar-refractivity contribution is 5.93. The number of nitrogens with one attached hydrogen (secondary N) is 1. The second-order valence-electron chi connectivity index (χ2n) is 4.87. The van der Waals surface area contributed by atoms with E-state index < -0.39 is 0 Å². The van der Waals surface area contributed by atoms with Crippen LogP contribution in [0.1, 0.15) is 21.5 Å². The number of aryl methyl sites for hydroxylation is 1. The van der Waals surface area contributed by atoms with Gasteiger partial charge in [-0.05, 0) is 42.3 Å². The Labute approximate surface area is 119 Å². The maximum absolute atomic E-state index is 11.4. The van der Waals surface area contributed by atoms with E-state index in [9.17, 15) is 4.79 Å². The molecule has 0 unspecified atom stereocenters. The number of anilines is 1. The molecule has 3 N–H and O–H groups in total. The minimum Gasteiger partial charge on any atom is -0.370 e. The number of hydrogen-bond donors (Lipinski definition) is 2. The number of nitrogens with two attached hydrogens (primary N) is 1. The van der Waals surface area contributed by atoms with Crippen LogP contribution in [0.25, 0.3) is 0 Å². The molecule has 0 bridgehead atoms. The average molecular weight is 269 g/mol. The Morgan fingerprint density at radius 1 is 1.20 bits per heavy atom. The van der Waals surface area contributed by atoms with E-state index in [0.717, 1.165) is 12.1 Å². The van der Waals surface area contributed by atoms with Crippen molar-refractivity contribution in [3.63, 3.8) is 0 Å². The third-order valence-electron chi connectivity index (χ3n) is 3.21. The molecule has 0 aliphatic rings. The van der Waals surface area contributed by atoms with Gasteiger partial charge >= 0.3 is 0 Å². The van der Waals surface area contributed by atoms with Crippen molar-refractivity contribution in [3.05, 3.63) is 65.2 Å². The van der Waals surface area contributed by atoms with Crippen LogP contribution < -0.4 is 16.2 Å².